The molecule has 0 aromatic heterocycles. The SMILES string of the molecule is CCN(CC)c1ccc([As])c(C(C)NS(C)(=O)=O)c1. The molecule has 0 bridgehead atoms. The Morgan fingerprint density at radius 1 is 1.32 bits per heavy atom. The minimum atomic E-state index is -3.20. The van der Waals surface area contributed by atoms with Crippen molar-refractivity contribution in [1.29, 1.82) is 0 Å². The van der Waals surface area contributed by atoms with Crippen molar-refractivity contribution in [2.45, 2.75) is 26.8 Å². The molecule has 0 spiro atoms. The Balaban J connectivity index is 3.09. The zero-order valence-corrected chi connectivity index (χ0v) is 14.5. The predicted octanol–water partition coefficient (Wildman–Crippen LogP) is 0.937. The van der Waals surface area contributed by atoms with Crippen LogP contribution in [-0.2, 0) is 10.0 Å². The van der Waals surface area contributed by atoms with Crippen LogP contribution >= 0.6 is 0 Å². The topological polar surface area (TPSA) is 49.4 Å². The summed E-state index contributed by atoms with van der Waals surface area (Å²) in [7, 11) is -3.20. The van der Waals surface area contributed by atoms with Gasteiger partial charge in [-0.2, -0.15) is 0 Å². The number of hydrogen-bond donors (Lipinski definition) is 1. The first-order valence-corrected chi connectivity index (χ1v) is 9.16. The molecule has 1 rings (SSSR count). The molecule has 19 heavy (non-hydrogen) atoms. The fraction of sp³-hybridized carbons (Fsp3) is 0.538. The van der Waals surface area contributed by atoms with E-state index in [1.807, 2.05) is 13.0 Å². The summed E-state index contributed by atoms with van der Waals surface area (Å²) in [6, 6.07) is 5.91. The molecule has 1 aromatic rings. The summed E-state index contributed by atoms with van der Waals surface area (Å²) in [4.78, 5) is 2.24. The van der Waals surface area contributed by atoms with Crippen molar-refractivity contribution < 1.29 is 8.42 Å². The number of hydrogen-bond acceptors (Lipinski definition) is 3. The summed E-state index contributed by atoms with van der Waals surface area (Å²) in [5, 5.41) is 0. The second-order valence-corrected chi connectivity index (χ2v) is 7.32. The van der Waals surface area contributed by atoms with E-state index in [2.05, 4.69) is 52.5 Å². The molecule has 6 heteroatoms. The van der Waals surface area contributed by atoms with Crippen LogP contribution in [0.5, 0.6) is 0 Å². The zero-order valence-electron chi connectivity index (χ0n) is 11.8. The van der Waals surface area contributed by atoms with Gasteiger partial charge in [0, 0.05) is 0 Å². The Bertz CT molecular complexity index is 527. The molecule has 0 fully saturated rings. The molecule has 1 atom stereocenters. The van der Waals surface area contributed by atoms with Crippen LogP contribution in [0.4, 0.5) is 5.69 Å². The quantitative estimate of drug-likeness (QED) is 0.782. The molecule has 0 amide bonds. The molecule has 1 N–H and O–H groups in total. The van der Waals surface area contributed by atoms with Gasteiger partial charge >= 0.3 is 125 Å². The fourth-order valence-corrected chi connectivity index (χ4v) is 3.53. The molecule has 0 heterocycles. The Hall–Kier alpha value is -0.512. The van der Waals surface area contributed by atoms with Crippen molar-refractivity contribution in [1.82, 2.24) is 4.72 Å². The number of sulfonamides is 1. The van der Waals surface area contributed by atoms with Crippen LogP contribution < -0.4 is 14.0 Å². The third kappa shape index (κ3) is 4.82. The van der Waals surface area contributed by atoms with E-state index in [4.69, 9.17) is 0 Å². The molecular weight excluding hydrogens is 323 g/mol. The zero-order chi connectivity index (χ0) is 14.6. The van der Waals surface area contributed by atoms with Crippen LogP contribution in [0.1, 0.15) is 32.4 Å². The summed E-state index contributed by atoms with van der Waals surface area (Å²) in [6.45, 7) is 7.94. The average molecular weight is 344 g/mol. The van der Waals surface area contributed by atoms with Crippen molar-refractivity contribution in [3.8, 4) is 0 Å². The van der Waals surface area contributed by atoms with Gasteiger partial charge in [-0.3, -0.25) is 0 Å². The van der Waals surface area contributed by atoms with E-state index in [0.717, 1.165) is 28.7 Å². The van der Waals surface area contributed by atoms with Crippen LogP contribution in [0.25, 0.3) is 0 Å². The summed E-state index contributed by atoms with van der Waals surface area (Å²) in [6.07, 6.45) is 1.18. The van der Waals surface area contributed by atoms with Crippen molar-refractivity contribution in [2.24, 2.45) is 0 Å². The molecule has 4 nitrogen and oxygen atoms in total. The van der Waals surface area contributed by atoms with Gasteiger partial charge in [0.15, 0.2) is 0 Å². The van der Waals surface area contributed by atoms with Gasteiger partial charge in [-0.05, 0) is 0 Å². The summed E-state index contributed by atoms with van der Waals surface area (Å²) < 4.78 is 26.3. The van der Waals surface area contributed by atoms with Gasteiger partial charge in [-0.1, -0.05) is 0 Å². The first-order chi connectivity index (χ1) is 8.78. The fourth-order valence-electron chi connectivity index (χ4n) is 2.06. The molecular formula is C13H21AsN2O2S. The van der Waals surface area contributed by atoms with Gasteiger partial charge in [0.05, 0.1) is 0 Å². The van der Waals surface area contributed by atoms with E-state index >= 15 is 0 Å². The first-order valence-electron chi connectivity index (χ1n) is 6.33. The Labute approximate surface area is 125 Å². The van der Waals surface area contributed by atoms with E-state index in [9.17, 15) is 8.42 Å². The monoisotopic (exact) mass is 344 g/mol. The van der Waals surface area contributed by atoms with Gasteiger partial charge in [0.25, 0.3) is 0 Å². The molecule has 0 aliphatic rings. The number of nitrogens with one attached hydrogen (secondary N) is 1. The maximum absolute atomic E-state index is 11.3. The standard InChI is InChI=1S/C13H21AsN2O2S/c1-5-16(6-2)11-7-8-13(14)12(9-11)10(3)15-19(4,17)18/h7-10,15H,5-6H2,1-4H3. The summed E-state index contributed by atoms with van der Waals surface area (Å²) in [5.41, 5.74) is 2.12. The van der Waals surface area contributed by atoms with E-state index in [-0.39, 0.29) is 6.04 Å². The first kappa shape index (κ1) is 16.5. The molecule has 0 saturated heterocycles. The van der Waals surface area contributed by atoms with Crippen molar-refractivity contribution in [3.05, 3.63) is 23.8 Å². The average Bonchev–Trinajstić information content (AvgIpc) is 2.30. The second-order valence-electron chi connectivity index (χ2n) is 4.53. The van der Waals surface area contributed by atoms with Crippen LogP contribution in [0, 0.1) is 0 Å². The van der Waals surface area contributed by atoms with Crippen LogP contribution in [0.3, 0.4) is 0 Å². The van der Waals surface area contributed by atoms with E-state index in [1.54, 1.807) is 0 Å². The number of nitrogens with zero attached hydrogens (tertiary/aromatic N) is 1. The van der Waals surface area contributed by atoms with Gasteiger partial charge in [-0.15, -0.1) is 0 Å². The van der Waals surface area contributed by atoms with Gasteiger partial charge < -0.3 is 0 Å². The molecule has 2 radical (unpaired) electrons. The minimum absolute atomic E-state index is 0.233. The van der Waals surface area contributed by atoms with E-state index in [0.29, 0.717) is 0 Å². The number of anilines is 1. The molecule has 1 unspecified atom stereocenters. The Morgan fingerprint density at radius 2 is 1.89 bits per heavy atom. The Kier molecular flexibility index (Phi) is 5.90. The predicted molar refractivity (Wildman–Crippen MR) is 81.8 cm³/mol. The van der Waals surface area contributed by atoms with Crippen molar-refractivity contribution >= 4 is 36.9 Å². The van der Waals surface area contributed by atoms with Gasteiger partial charge in [-0.25, -0.2) is 0 Å². The van der Waals surface area contributed by atoms with Gasteiger partial charge in [0.2, 0.25) is 0 Å². The second kappa shape index (κ2) is 6.78. The molecule has 1 aromatic carbocycles. The number of rotatable bonds is 6. The molecule has 0 aliphatic heterocycles. The number of benzene rings is 1. The van der Waals surface area contributed by atoms with Gasteiger partial charge in [0.1, 0.15) is 0 Å². The van der Waals surface area contributed by atoms with Crippen molar-refractivity contribution in [2.75, 3.05) is 24.2 Å². The summed E-state index contributed by atoms with van der Waals surface area (Å²) in [5.74, 6) is 0. The third-order valence-corrected chi connectivity index (χ3v) is 4.63. The van der Waals surface area contributed by atoms with Crippen LogP contribution in [0.15, 0.2) is 18.2 Å². The van der Waals surface area contributed by atoms with Crippen molar-refractivity contribution in [3.63, 3.8) is 0 Å². The van der Waals surface area contributed by atoms with E-state index in [1.165, 1.54) is 6.26 Å². The summed E-state index contributed by atoms with van der Waals surface area (Å²) >= 11 is 2.49. The molecule has 106 valence electrons. The van der Waals surface area contributed by atoms with Crippen LogP contribution in [-0.4, -0.2) is 44.6 Å². The molecule has 0 saturated carbocycles. The van der Waals surface area contributed by atoms with Crippen LogP contribution in [0.2, 0.25) is 0 Å². The maximum atomic E-state index is 11.3. The van der Waals surface area contributed by atoms with E-state index < -0.39 is 10.0 Å². The Morgan fingerprint density at radius 3 is 2.37 bits per heavy atom. The normalized spacial score (nSPS) is 13.3. The molecule has 0 aliphatic carbocycles. The third-order valence-electron chi connectivity index (χ3n) is 3.00.